The molecule has 0 aromatic carbocycles. The highest BCUT2D eigenvalue weighted by Crippen LogP contribution is 2.28. The monoisotopic (exact) mass is 236 g/mol. The van der Waals surface area contributed by atoms with Crippen molar-refractivity contribution >= 4 is 0 Å². The molecule has 17 heavy (non-hydrogen) atoms. The molecule has 2 N–H and O–H groups in total. The van der Waals surface area contributed by atoms with Crippen molar-refractivity contribution in [1.82, 2.24) is 14.9 Å². The number of hydrogen-bond donors (Lipinski definition) is 1. The maximum Gasteiger partial charge on any atom is 0.221 e. The highest BCUT2D eigenvalue weighted by Gasteiger charge is 2.24. The summed E-state index contributed by atoms with van der Waals surface area (Å²) in [6.45, 7) is 5.65. The molecule has 0 bridgehead atoms. The van der Waals surface area contributed by atoms with Crippen LogP contribution in [0.1, 0.15) is 30.4 Å². The Morgan fingerprint density at radius 2 is 2.18 bits per heavy atom. The van der Waals surface area contributed by atoms with Crippen molar-refractivity contribution in [2.75, 3.05) is 20.2 Å². The average Bonchev–Trinajstić information content (AvgIpc) is 2.71. The summed E-state index contributed by atoms with van der Waals surface area (Å²) >= 11 is 0. The normalized spacial score (nSPS) is 15.0. The molecule has 1 aliphatic rings. The minimum Gasteiger partial charge on any atom is -0.481 e. The second kappa shape index (κ2) is 5.42. The minimum absolute atomic E-state index is 0.570. The molecule has 2 heterocycles. The molecule has 0 spiro atoms. The highest BCUT2D eigenvalue weighted by atomic mass is 16.5. The fourth-order valence-electron chi connectivity index (χ4n) is 2.22. The molecule has 5 nitrogen and oxygen atoms in total. The van der Waals surface area contributed by atoms with Crippen LogP contribution in [0.25, 0.3) is 0 Å². The van der Waals surface area contributed by atoms with E-state index < -0.39 is 0 Å². The van der Waals surface area contributed by atoms with Gasteiger partial charge in [-0.15, -0.1) is 0 Å². The molecule has 0 aliphatic carbocycles. The first-order valence-corrected chi connectivity index (χ1v) is 6.13. The van der Waals surface area contributed by atoms with E-state index in [0.29, 0.717) is 13.0 Å². The van der Waals surface area contributed by atoms with Crippen LogP contribution in [0.15, 0.2) is 0 Å². The SMILES string of the molecule is CCCN1Cc2nc(CCN)nc(OC)c2C1. The third-order valence-electron chi connectivity index (χ3n) is 2.96. The Morgan fingerprint density at radius 1 is 1.35 bits per heavy atom. The van der Waals surface area contributed by atoms with Crippen molar-refractivity contribution < 1.29 is 4.74 Å². The number of methoxy groups -OCH3 is 1. The summed E-state index contributed by atoms with van der Waals surface area (Å²) in [5.74, 6) is 1.51. The number of ether oxygens (including phenoxy) is 1. The Morgan fingerprint density at radius 3 is 2.82 bits per heavy atom. The predicted octanol–water partition coefficient (Wildman–Crippen LogP) is 0.712. The Hall–Kier alpha value is -1.20. The summed E-state index contributed by atoms with van der Waals surface area (Å²) in [5, 5.41) is 0. The fourth-order valence-corrected chi connectivity index (χ4v) is 2.22. The lowest BCUT2D eigenvalue weighted by Gasteiger charge is -2.11. The van der Waals surface area contributed by atoms with Gasteiger partial charge in [-0.3, -0.25) is 4.90 Å². The van der Waals surface area contributed by atoms with Crippen LogP contribution in [-0.2, 0) is 19.5 Å². The summed E-state index contributed by atoms with van der Waals surface area (Å²) in [7, 11) is 1.66. The Bertz CT molecular complexity index is 394. The van der Waals surface area contributed by atoms with Crippen LogP contribution >= 0.6 is 0 Å². The molecule has 0 radical (unpaired) electrons. The molecule has 0 saturated carbocycles. The zero-order valence-corrected chi connectivity index (χ0v) is 10.6. The highest BCUT2D eigenvalue weighted by molar-refractivity contribution is 5.34. The maximum absolute atomic E-state index is 5.54. The quantitative estimate of drug-likeness (QED) is 0.815. The van der Waals surface area contributed by atoms with Gasteiger partial charge in [-0.1, -0.05) is 6.92 Å². The Balaban J connectivity index is 2.25. The van der Waals surface area contributed by atoms with Gasteiger partial charge in [0.15, 0.2) is 0 Å². The molecule has 0 atom stereocenters. The van der Waals surface area contributed by atoms with E-state index in [0.717, 1.165) is 49.0 Å². The minimum atomic E-state index is 0.570. The number of fused-ring (bicyclic) bond motifs is 1. The van der Waals surface area contributed by atoms with Crippen LogP contribution < -0.4 is 10.5 Å². The molecule has 94 valence electrons. The van der Waals surface area contributed by atoms with Crippen LogP contribution in [0.5, 0.6) is 5.88 Å². The number of hydrogen-bond acceptors (Lipinski definition) is 5. The van der Waals surface area contributed by atoms with E-state index in [1.54, 1.807) is 7.11 Å². The molecule has 0 unspecified atom stereocenters. The molecular formula is C12H20N4O. The largest absolute Gasteiger partial charge is 0.481 e. The van der Waals surface area contributed by atoms with Crippen molar-refractivity contribution in [2.45, 2.75) is 32.9 Å². The predicted molar refractivity (Wildman–Crippen MR) is 65.7 cm³/mol. The van der Waals surface area contributed by atoms with E-state index in [1.807, 2.05) is 0 Å². The second-order valence-electron chi connectivity index (χ2n) is 4.32. The van der Waals surface area contributed by atoms with Crippen molar-refractivity contribution in [3.63, 3.8) is 0 Å². The van der Waals surface area contributed by atoms with E-state index in [4.69, 9.17) is 10.5 Å². The van der Waals surface area contributed by atoms with E-state index in [2.05, 4.69) is 21.8 Å². The van der Waals surface area contributed by atoms with E-state index in [-0.39, 0.29) is 0 Å². The summed E-state index contributed by atoms with van der Waals surface area (Å²) in [4.78, 5) is 11.3. The maximum atomic E-state index is 5.54. The van der Waals surface area contributed by atoms with Gasteiger partial charge in [-0.25, -0.2) is 4.98 Å². The molecule has 5 heteroatoms. The standard InChI is InChI=1S/C12H20N4O/c1-3-6-16-7-9-10(8-16)14-11(4-5-13)15-12(9)17-2/h3-8,13H2,1-2H3. The lowest BCUT2D eigenvalue weighted by Crippen LogP contribution is -2.16. The van der Waals surface area contributed by atoms with Crippen LogP contribution in [0.2, 0.25) is 0 Å². The number of rotatable bonds is 5. The van der Waals surface area contributed by atoms with E-state index in [1.165, 1.54) is 0 Å². The first kappa shape index (κ1) is 12.3. The molecule has 1 aromatic rings. The molecule has 1 aromatic heterocycles. The van der Waals surface area contributed by atoms with Gasteiger partial charge < -0.3 is 10.5 Å². The van der Waals surface area contributed by atoms with E-state index in [9.17, 15) is 0 Å². The van der Waals surface area contributed by atoms with Crippen LogP contribution in [0.4, 0.5) is 0 Å². The second-order valence-corrected chi connectivity index (χ2v) is 4.32. The van der Waals surface area contributed by atoms with Crippen molar-refractivity contribution in [3.05, 3.63) is 17.1 Å². The summed E-state index contributed by atoms with van der Waals surface area (Å²) in [6.07, 6.45) is 1.86. The average molecular weight is 236 g/mol. The van der Waals surface area contributed by atoms with Gasteiger partial charge in [-0.05, 0) is 19.5 Å². The van der Waals surface area contributed by atoms with Gasteiger partial charge in [0.25, 0.3) is 0 Å². The molecule has 1 aliphatic heterocycles. The summed E-state index contributed by atoms with van der Waals surface area (Å²) in [6, 6.07) is 0. The zero-order chi connectivity index (χ0) is 12.3. The molecule has 0 saturated heterocycles. The topological polar surface area (TPSA) is 64.3 Å². The fraction of sp³-hybridized carbons (Fsp3) is 0.667. The summed E-state index contributed by atoms with van der Waals surface area (Å²) in [5.41, 5.74) is 7.79. The molecule has 2 rings (SSSR count). The zero-order valence-electron chi connectivity index (χ0n) is 10.6. The van der Waals surface area contributed by atoms with Crippen LogP contribution in [0, 0.1) is 0 Å². The van der Waals surface area contributed by atoms with Gasteiger partial charge in [0.05, 0.1) is 18.4 Å². The molecule has 0 fully saturated rings. The van der Waals surface area contributed by atoms with E-state index >= 15 is 0 Å². The molecule has 0 amide bonds. The first-order chi connectivity index (χ1) is 8.28. The third kappa shape index (κ3) is 2.56. The number of aromatic nitrogens is 2. The first-order valence-electron chi connectivity index (χ1n) is 6.13. The van der Waals surface area contributed by atoms with Crippen molar-refractivity contribution in [2.24, 2.45) is 5.73 Å². The van der Waals surface area contributed by atoms with Crippen LogP contribution in [0.3, 0.4) is 0 Å². The van der Waals surface area contributed by atoms with Gasteiger partial charge in [-0.2, -0.15) is 4.98 Å². The van der Waals surface area contributed by atoms with Gasteiger partial charge >= 0.3 is 0 Å². The number of nitrogens with two attached hydrogens (primary N) is 1. The van der Waals surface area contributed by atoms with Crippen molar-refractivity contribution in [3.8, 4) is 5.88 Å². The van der Waals surface area contributed by atoms with Crippen molar-refractivity contribution in [1.29, 1.82) is 0 Å². The van der Waals surface area contributed by atoms with Gasteiger partial charge in [0.2, 0.25) is 5.88 Å². The van der Waals surface area contributed by atoms with Crippen LogP contribution in [-0.4, -0.2) is 35.1 Å². The van der Waals surface area contributed by atoms with Gasteiger partial charge in [0.1, 0.15) is 5.82 Å². The number of nitrogens with zero attached hydrogens (tertiary/aromatic N) is 3. The Labute approximate surface area is 102 Å². The summed E-state index contributed by atoms with van der Waals surface area (Å²) < 4.78 is 5.35. The Kier molecular flexibility index (Phi) is 3.91. The lowest BCUT2D eigenvalue weighted by molar-refractivity contribution is 0.280. The third-order valence-corrected chi connectivity index (χ3v) is 2.96. The molecular weight excluding hydrogens is 216 g/mol. The smallest absolute Gasteiger partial charge is 0.221 e. The van der Waals surface area contributed by atoms with Gasteiger partial charge in [0, 0.05) is 19.5 Å². The lowest BCUT2D eigenvalue weighted by atomic mass is 10.2.